The average molecular weight is 320 g/mol. The molecule has 2 N–H and O–H groups in total. The summed E-state index contributed by atoms with van der Waals surface area (Å²) in [6.45, 7) is 3.92. The standard InChI is InChI=1S/C15H16N2O4S/c1-3-21-11-6-4-10(5-7-11)14-17-12(8-22-14)13(18)16-9(2)15(19)20/h4-9H,3H2,1-2H3,(H,16,18)(H,19,20)/t9-/m0/s1. The number of aliphatic carboxylic acids is 1. The van der Waals surface area contributed by atoms with E-state index in [0.717, 1.165) is 11.3 Å². The molecule has 7 heteroatoms. The van der Waals surface area contributed by atoms with E-state index in [1.807, 2.05) is 31.2 Å². The zero-order valence-corrected chi connectivity index (χ0v) is 13.0. The third-order valence-electron chi connectivity index (χ3n) is 2.87. The maximum absolute atomic E-state index is 11.9. The molecule has 1 amide bonds. The van der Waals surface area contributed by atoms with Crippen molar-refractivity contribution in [2.75, 3.05) is 6.61 Å². The molecule has 0 aliphatic rings. The average Bonchev–Trinajstić information content (AvgIpc) is 2.98. The summed E-state index contributed by atoms with van der Waals surface area (Å²) >= 11 is 1.33. The first-order chi connectivity index (χ1) is 10.5. The third kappa shape index (κ3) is 3.82. The highest BCUT2D eigenvalue weighted by Gasteiger charge is 2.17. The molecule has 2 rings (SSSR count). The van der Waals surface area contributed by atoms with Crippen molar-refractivity contribution in [1.82, 2.24) is 10.3 Å². The van der Waals surface area contributed by atoms with Crippen LogP contribution in [0.2, 0.25) is 0 Å². The van der Waals surface area contributed by atoms with Crippen molar-refractivity contribution in [3.05, 3.63) is 35.3 Å². The SMILES string of the molecule is CCOc1ccc(-c2nc(C(=O)N[C@@H](C)C(=O)O)cs2)cc1. The number of aromatic nitrogens is 1. The van der Waals surface area contributed by atoms with Crippen LogP contribution in [-0.4, -0.2) is 34.6 Å². The molecular formula is C15H16N2O4S. The summed E-state index contributed by atoms with van der Waals surface area (Å²) in [6.07, 6.45) is 0. The highest BCUT2D eigenvalue weighted by Crippen LogP contribution is 2.25. The van der Waals surface area contributed by atoms with Crippen molar-refractivity contribution in [3.8, 4) is 16.3 Å². The van der Waals surface area contributed by atoms with Crippen LogP contribution in [-0.2, 0) is 4.79 Å². The lowest BCUT2D eigenvalue weighted by Crippen LogP contribution is -2.38. The van der Waals surface area contributed by atoms with Gasteiger partial charge in [-0.15, -0.1) is 11.3 Å². The third-order valence-corrected chi connectivity index (χ3v) is 3.76. The van der Waals surface area contributed by atoms with E-state index in [2.05, 4.69) is 10.3 Å². The topological polar surface area (TPSA) is 88.5 Å². The molecule has 1 aromatic carbocycles. The Bertz CT molecular complexity index is 666. The minimum Gasteiger partial charge on any atom is -0.494 e. The maximum atomic E-state index is 11.9. The summed E-state index contributed by atoms with van der Waals surface area (Å²) in [7, 11) is 0. The van der Waals surface area contributed by atoms with E-state index in [1.165, 1.54) is 18.3 Å². The first-order valence-electron chi connectivity index (χ1n) is 6.73. The van der Waals surface area contributed by atoms with Gasteiger partial charge in [0.15, 0.2) is 0 Å². The first kappa shape index (κ1) is 16.0. The molecule has 2 aromatic rings. The number of benzene rings is 1. The van der Waals surface area contributed by atoms with Crippen LogP contribution in [0.1, 0.15) is 24.3 Å². The summed E-state index contributed by atoms with van der Waals surface area (Å²) < 4.78 is 5.37. The summed E-state index contributed by atoms with van der Waals surface area (Å²) in [4.78, 5) is 26.9. The molecule has 0 unspecified atom stereocenters. The molecule has 0 fully saturated rings. The minimum atomic E-state index is -1.09. The second-order valence-electron chi connectivity index (χ2n) is 4.53. The van der Waals surface area contributed by atoms with Gasteiger partial charge in [-0.2, -0.15) is 0 Å². The van der Waals surface area contributed by atoms with Gasteiger partial charge < -0.3 is 15.2 Å². The molecule has 0 bridgehead atoms. The lowest BCUT2D eigenvalue weighted by molar-refractivity contribution is -0.138. The molecule has 116 valence electrons. The number of carbonyl (C=O) groups excluding carboxylic acids is 1. The molecule has 0 radical (unpaired) electrons. The van der Waals surface area contributed by atoms with E-state index < -0.39 is 17.9 Å². The molecule has 0 saturated heterocycles. The summed E-state index contributed by atoms with van der Waals surface area (Å²) in [5.74, 6) is -0.810. The number of amides is 1. The van der Waals surface area contributed by atoms with Crippen molar-refractivity contribution in [1.29, 1.82) is 0 Å². The van der Waals surface area contributed by atoms with Crippen molar-refractivity contribution in [2.45, 2.75) is 19.9 Å². The number of hydrogen-bond acceptors (Lipinski definition) is 5. The van der Waals surface area contributed by atoms with Gasteiger partial charge in [-0.05, 0) is 38.1 Å². The largest absolute Gasteiger partial charge is 0.494 e. The van der Waals surface area contributed by atoms with Crippen LogP contribution in [0.4, 0.5) is 0 Å². The molecule has 0 aliphatic heterocycles. The monoisotopic (exact) mass is 320 g/mol. The van der Waals surface area contributed by atoms with Gasteiger partial charge in [0.1, 0.15) is 22.5 Å². The molecule has 6 nitrogen and oxygen atoms in total. The van der Waals surface area contributed by atoms with Gasteiger partial charge in [0, 0.05) is 10.9 Å². The van der Waals surface area contributed by atoms with Crippen molar-refractivity contribution in [3.63, 3.8) is 0 Å². The quantitative estimate of drug-likeness (QED) is 0.853. The Labute approximate surface area is 131 Å². The van der Waals surface area contributed by atoms with E-state index in [-0.39, 0.29) is 5.69 Å². The van der Waals surface area contributed by atoms with Gasteiger partial charge in [-0.3, -0.25) is 9.59 Å². The molecule has 0 spiro atoms. The number of hydrogen-bond donors (Lipinski definition) is 2. The number of thiazole rings is 1. The molecule has 22 heavy (non-hydrogen) atoms. The van der Waals surface area contributed by atoms with Crippen LogP contribution in [0.15, 0.2) is 29.6 Å². The lowest BCUT2D eigenvalue weighted by Gasteiger charge is -2.06. The number of ether oxygens (including phenoxy) is 1. The molecule has 0 saturated carbocycles. The Morgan fingerprint density at radius 1 is 1.36 bits per heavy atom. The van der Waals surface area contributed by atoms with Gasteiger partial charge in [0.25, 0.3) is 5.91 Å². The maximum Gasteiger partial charge on any atom is 0.325 e. The fraction of sp³-hybridized carbons (Fsp3) is 0.267. The highest BCUT2D eigenvalue weighted by molar-refractivity contribution is 7.13. The number of carboxylic acids is 1. The van der Waals surface area contributed by atoms with Crippen LogP contribution >= 0.6 is 11.3 Å². The second kappa shape index (κ2) is 7.04. The Hall–Kier alpha value is -2.41. The van der Waals surface area contributed by atoms with E-state index >= 15 is 0 Å². The van der Waals surface area contributed by atoms with Crippen molar-refractivity contribution < 1.29 is 19.4 Å². The minimum absolute atomic E-state index is 0.210. The van der Waals surface area contributed by atoms with Crippen LogP contribution in [0, 0.1) is 0 Å². The Kier molecular flexibility index (Phi) is 5.11. The number of nitrogens with one attached hydrogen (secondary N) is 1. The number of carboxylic acid groups (broad SMARTS) is 1. The van der Waals surface area contributed by atoms with E-state index in [1.54, 1.807) is 5.38 Å². The Morgan fingerprint density at radius 3 is 2.64 bits per heavy atom. The first-order valence-corrected chi connectivity index (χ1v) is 7.61. The molecular weight excluding hydrogens is 304 g/mol. The zero-order valence-electron chi connectivity index (χ0n) is 12.2. The Morgan fingerprint density at radius 2 is 2.05 bits per heavy atom. The van der Waals surface area contributed by atoms with Gasteiger partial charge in [-0.25, -0.2) is 4.98 Å². The van der Waals surface area contributed by atoms with Gasteiger partial charge >= 0.3 is 5.97 Å². The molecule has 0 aliphatic carbocycles. The summed E-state index contributed by atoms with van der Waals surface area (Å²) in [5, 5.41) is 13.5. The normalized spacial score (nSPS) is 11.7. The van der Waals surface area contributed by atoms with Crippen LogP contribution in [0.5, 0.6) is 5.75 Å². The number of nitrogens with zero attached hydrogens (tertiary/aromatic N) is 1. The van der Waals surface area contributed by atoms with Crippen LogP contribution in [0.3, 0.4) is 0 Å². The predicted octanol–water partition coefficient (Wildman–Crippen LogP) is 2.41. The molecule has 1 heterocycles. The van der Waals surface area contributed by atoms with Crippen LogP contribution < -0.4 is 10.1 Å². The van der Waals surface area contributed by atoms with Crippen molar-refractivity contribution >= 4 is 23.2 Å². The Balaban J connectivity index is 2.10. The molecule has 1 atom stereocenters. The van der Waals surface area contributed by atoms with E-state index in [4.69, 9.17) is 9.84 Å². The smallest absolute Gasteiger partial charge is 0.325 e. The fourth-order valence-corrected chi connectivity index (χ4v) is 2.51. The summed E-state index contributed by atoms with van der Waals surface area (Å²) in [6, 6.07) is 6.46. The number of rotatable bonds is 6. The zero-order chi connectivity index (χ0) is 16.1. The van der Waals surface area contributed by atoms with Gasteiger partial charge in [-0.1, -0.05) is 0 Å². The highest BCUT2D eigenvalue weighted by atomic mass is 32.1. The summed E-state index contributed by atoms with van der Waals surface area (Å²) in [5.41, 5.74) is 1.08. The van der Waals surface area contributed by atoms with Crippen LogP contribution in [0.25, 0.3) is 10.6 Å². The van der Waals surface area contributed by atoms with Gasteiger partial charge in [0.2, 0.25) is 0 Å². The number of carbonyl (C=O) groups is 2. The van der Waals surface area contributed by atoms with E-state index in [0.29, 0.717) is 11.6 Å². The van der Waals surface area contributed by atoms with E-state index in [9.17, 15) is 9.59 Å². The predicted molar refractivity (Wildman–Crippen MR) is 83.3 cm³/mol. The van der Waals surface area contributed by atoms with Gasteiger partial charge in [0.05, 0.1) is 6.61 Å². The fourth-order valence-electron chi connectivity index (χ4n) is 1.70. The van der Waals surface area contributed by atoms with Crippen molar-refractivity contribution in [2.24, 2.45) is 0 Å². The lowest BCUT2D eigenvalue weighted by atomic mass is 10.2. The molecule has 1 aromatic heterocycles. The second-order valence-corrected chi connectivity index (χ2v) is 5.39.